The molecule has 34 heavy (non-hydrogen) atoms. The Morgan fingerprint density at radius 2 is 1.68 bits per heavy atom. The fourth-order valence-corrected chi connectivity index (χ4v) is 4.02. The lowest BCUT2D eigenvalue weighted by molar-refractivity contribution is 0.0664. The summed E-state index contributed by atoms with van der Waals surface area (Å²) in [5, 5.41) is 1.92. The van der Waals surface area contributed by atoms with Crippen LogP contribution in [0.15, 0.2) is 79.1 Å². The maximum atomic E-state index is 13.8. The normalized spacial score (nSPS) is 12.1. The highest BCUT2D eigenvalue weighted by atomic mass is 16.2. The van der Waals surface area contributed by atoms with E-state index in [-0.39, 0.29) is 11.9 Å². The Balaban J connectivity index is 1.54. The Kier molecular flexibility index (Phi) is 5.59. The van der Waals surface area contributed by atoms with Gasteiger partial charge in [-0.3, -0.25) is 9.78 Å². The van der Waals surface area contributed by atoms with Gasteiger partial charge < -0.3 is 10.6 Å². The van der Waals surface area contributed by atoms with Crippen molar-refractivity contribution in [3.05, 3.63) is 102 Å². The first-order valence-electron chi connectivity index (χ1n) is 11.1. The molecular weight excluding hydrogens is 424 g/mol. The smallest absolute Gasteiger partial charge is 0.254 e. The number of fused-ring (bicyclic) bond motifs is 2. The molecule has 7 nitrogen and oxygen atoms in total. The van der Waals surface area contributed by atoms with Gasteiger partial charge in [-0.2, -0.15) is 0 Å². The quantitative estimate of drug-likeness (QED) is 0.412. The van der Waals surface area contributed by atoms with Crippen LogP contribution in [-0.4, -0.2) is 30.7 Å². The molecule has 0 spiro atoms. The number of amides is 1. The van der Waals surface area contributed by atoms with Crippen LogP contribution in [0.2, 0.25) is 0 Å². The molecule has 1 atom stereocenters. The maximum absolute atomic E-state index is 13.8. The van der Waals surface area contributed by atoms with Crippen LogP contribution in [0.5, 0.6) is 0 Å². The number of anilines is 1. The zero-order chi connectivity index (χ0) is 23.7. The predicted octanol–water partition coefficient (Wildman–Crippen LogP) is 4.87. The fraction of sp³-hybridized carbons (Fsp3) is 0.148. The van der Waals surface area contributed by atoms with Gasteiger partial charge in [0.25, 0.3) is 5.91 Å². The van der Waals surface area contributed by atoms with Crippen molar-refractivity contribution in [1.29, 1.82) is 0 Å². The van der Waals surface area contributed by atoms with E-state index in [1.807, 2.05) is 68.4 Å². The molecule has 1 amide bonds. The number of nitrogens with zero attached hydrogens (tertiary/aromatic N) is 5. The SMILES string of the molecule is Cc1cc2cc(C(=O)N(Cc3ccc4ccccc4n3)C(C)c3ncccn3)ccc2nc1N. The van der Waals surface area contributed by atoms with Crippen LogP contribution in [0.3, 0.4) is 0 Å². The number of hydrogen-bond acceptors (Lipinski definition) is 6. The molecule has 7 heteroatoms. The molecule has 3 aromatic heterocycles. The third-order valence-electron chi connectivity index (χ3n) is 5.97. The third kappa shape index (κ3) is 4.15. The Hall–Kier alpha value is -4.39. The van der Waals surface area contributed by atoms with Crippen LogP contribution < -0.4 is 5.73 Å². The highest BCUT2D eigenvalue weighted by Gasteiger charge is 2.25. The van der Waals surface area contributed by atoms with Gasteiger partial charge in [0.15, 0.2) is 0 Å². The van der Waals surface area contributed by atoms with Crippen LogP contribution in [0, 0.1) is 6.92 Å². The summed E-state index contributed by atoms with van der Waals surface area (Å²) in [6.07, 6.45) is 3.37. The minimum atomic E-state index is -0.357. The number of benzene rings is 2. The largest absolute Gasteiger partial charge is 0.383 e. The average molecular weight is 449 g/mol. The standard InChI is InChI=1S/C27H24N6O/c1-17-14-21-15-20(9-11-24(21)32-25(17)28)27(34)33(18(2)26-29-12-5-13-30-26)16-22-10-8-19-6-3-4-7-23(19)31-22/h3-15,18H,16H2,1-2H3,(H2,28,32). The minimum Gasteiger partial charge on any atom is -0.383 e. The molecule has 0 aliphatic carbocycles. The molecule has 1 unspecified atom stereocenters. The molecule has 3 heterocycles. The van der Waals surface area contributed by atoms with Crippen LogP contribution in [-0.2, 0) is 6.54 Å². The molecule has 0 radical (unpaired) electrons. The molecule has 5 rings (SSSR count). The molecule has 0 aliphatic heterocycles. The van der Waals surface area contributed by atoms with Gasteiger partial charge in [0.05, 0.1) is 29.3 Å². The number of aromatic nitrogens is 4. The van der Waals surface area contributed by atoms with E-state index < -0.39 is 0 Å². The number of nitrogen functional groups attached to an aromatic ring is 1. The molecule has 0 fully saturated rings. The number of rotatable bonds is 5. The zero-order valence-corrected chi connectivity index (χ0v) is 19.0. The summed E-state index contributed by atoms with van der Waals surface area (Å²) >= 11 is 0. The molecule has 0 bridgehead atoms. The lowest BCUT2D eigenvalue weighted by Gasteiger charge is -2.28. The van der Waals surface area contributed by atoms with Gasteiger partial charge in [0.1, 0.15) is 11.6 Å². The van der Waals surface area contributed by atoms with E-state index in [2.05, 4.69) is 15.0 Å². The van der Waals surface area contributed by atoms with E-state index in [0.29, 0.717) is 23.8 Å². The third-order valence-corrected chi connectivity index (χ3v) is 5.97. The van der Waals surface area contributed by atoms with E-state index in [1.54, 1.807) is 29.4 Å². The highest BCUT2D eigenvalue weighted by molar-refractivity contribution is 5.98. The molecule has 0 saturated heterocycles. The van der Waals surface area contributed by atoms with Crippen molar-refractivity contribution < 1.29 is 4.79 Å². The minimum absolute atomic E-state index is 0.133. The average Bonchev–Trinajstić information content (AvgIpc) is 2.87. The number of aryl methyl sites for hydroxylation is 1. The van der Waals surface area contributed by atoms with Crippen molar-refractivity contribution in [2.24, 2.45) is 0 Å². The van der Waals surface area contributed by atoms with Gasteiger partial charge in [-0.15, -0.1) is 0 Å². The highest BCUT2D eigenvalue weighted by Crippen LogP contribution is 2.25. The van der Waals surface area contributed by atoms with Crippen LogP contribution in [0.4, 0.5) is 5.82 Å². The van der Waals surface area contributed by atoms with E-state index in [1.165, 1.54) is 0 Å². The molecule has 5 aromatic rings. The zero-order valence-electron chi connectivity index (χ0n) is 19.0. The van der Waals surface area contributed by atoms with E-state index in [4.69, 9.17) is 10.7 Å². The number of nitrogens with two attached hydrogens (primary N) is 1. The monoisotopic (exact) mass is 448 g/mol. The molecule has 2 aromatic carbocycles. The number of pyridine rings is 2. The van der Waals surface area contributed by atoms with Crippen LogP contribution in [0.1, 0.15) is 40.4 Å². The maximum Gasteiger partial charge on any atom is 0.254 e. The van der Waals surface area contributed by atoms with Gasteiger partial charge >= 0.3 is 0 Å². The Labute approximate surface area is 197 Å². The summed E-state index contributed by atoms with van der Waals surface area (Å²) < 4.78 is 0. The first-order valence-corrected chi connectivity index (χ1v) is 11.1. The summed E-state index contributed by atoms with van der Waals surface area (Å²) in [6.45, 7) is 4.16. The molecule has 0 saturated carbocycles. The lowest BCUT2D eigenvalue weighted by Crippen LogP contribution is -2.34. The van der Waals surface area contributed by atoms with Crippen molar-refractivity contribution in [2.45, 2.75) is 26.4 Å². The summed E-state index contributed by atoms with van der Waals surface area (Å²) in [4.78, 5) is 33.6. The fourth-order valence-electron chi connectivity index (χ4n) is 4.02. The predicted molar refractivity (Wildman–Crippen MR) is 133 cm³/mol. The molecular formula is C27H24N6O. The Bertz CT molecular complexity index is 1500. The second-order valence-corrected chi connectivity index (χ2v) is 8.31. The van der Waals surface area contributed by atoms with Crippen molar-refractivity contribution in [3.8, 4) is 0 Å². The first kappa shape index (κ1) is 21.5. The molecule has 168 valence electrons. The van der Waals surface area contributed by atoms with Crippen molar-refractivity contribution in [2.75, 3.05) is 5.73 Å². The summed E-state index contributed by atoms with van der Waals surface area (Å²) in [7, 11) is 0. The van der Waals surface area contributed by atoms with E-state index >= 15 is 0 Å². The molecule has 2 N–H and O–H groups in total. The topological polar surface area (TPSA) is 97.9 Å². The van der Waals surface area contributed by atoms with Crippen LogP contribution in [0.25, 0.3) is 21.8 Å². The van der Waals surface area contributed by atoms with Crippen molar-refractivity contribution >= 4 is 33.5 Å². The lowest BCUT2D eigenvalue weighted by atomic mass is 10.1. The summed E-state index contributed by atoms with van der Waals surface area (Å²) in [5.74, 6) is 0.930. The van der Waals surface area contributed by atoms with Gasteiger partial charge in [0, 0.05) is 28.7 Å². The van der Waals surface area contributed by atoms with Crippen molar-refractivity contribution in [1.82, 2.24) is 24.8 Å². The van der Waals surface area contributed by atoms with Gasteiger partial charge in [-0.05, 0) is 61.9 Å². The van der Waals surface area contributed by atoms with Crippen LogP contribution >= 0.6 is 0 Å². The second-order valence-electron chi connectivity index (χ2n) is 8.31. The number of hydrogen-bond donors (Lipinski definition) is 1. The molecule has 0 aliphatic rings. The van der Waals surface area contributed by atoms with E-state index in [0.717, 1.165) is 33.1 Å². The summed E-state index contributed by atoms with van der Waals surface area (Å²) in [5.41, 5.74) is 9.82. The van der Waals surface area contributed by atoms with E-state index in [9.17, 15) is 4.79 Å². The second kappa shape index (κ2) is 8.86. The summed E-state index contributed by atoms with van der Waals surface area (Å²) in [6, 6.07) is 20.7. The Morgan fingerprint density at radius 3 is 2.50 bits per heavy atom. The number of para-hydroxylation sites is 1. The van der Waals surface area contributed by atoms with Gasteiger partial charge in [-0.1, -0.05) is 24.3 Å². The number of carbonyl (C=O) groups is 1. The van der Waals surface area contributed by atoms with Crippen molar-refractivity contribution in [3.63, 3.8) is 0 Å². The first-order chi connectivity index (χ1) is 16.5. The Morgan fingerprint density at radius 1 is 0.912 bits per heavy atom. The van der Waals surface area contributed by atoms with Gasteiger partial charge in [0.2, 0.25) is 0 Å². The van der Waals surface area contributed by atoms with Gasteiger partial charge in [-0.25, -0.2) is 15.0 Å². The number of carbonyl (C=O) groups excluding carboxylic acids is 1.